The zero-order chi connectivity index (χ0) is 14.6. The van der Waals surface area contributed by atoms with E-state index in [9.17, 15) is 0 Å². The first-order chi connectivity index (χ1) is 9.10. The first kappa shape index (κ1) is 18.9. The Morgan fingerprint density at radius 3 is 1.37 bits per heavy atom. The third-order valence-electron chi connectivity index (χ3n) is 4.35. The van der Waals surface area contributed by atoms with Crippen LogP contribution >= 0.6 is 0 Å². The van der Waals surface area contributed by atoms with E-state index in [0.29, 0.717) is 11.8 Å². The molecule has 0 atom stereocenters. The van der Waals surface area contributed by atoms with Crippen molar-refractivity contribution in [1.82, 2.24) is 0 Å². The van der Waals surface area contributed by atoms with Gasteiger partial charge in [0.15, 0.2) is 6.29 Å². The summed E-state index contributed by atoms with van der Waals surface area (Å²) in [6.07, 6.45) is 13.3. The molecule has 0 aromatic carbocycles. The molecule has 0 aliphatic carbocycles. The van der Waals surface area contributed by atoms with E-state index in [-0.39, 0.29) is 0 Å². The van der Waals surface area contributed by atoms with Crippen LogP contribution in [0.4, 0.5) is 0 Å². The zero-order valence-corrected chi connectivity index (χ0v) is 13.5. The van der Waals surface area contributed by atoms with Crippen molar-refractivity contribution in [2.45, 2.75) is 104 Å². The first-order valence-electron chi connectivity index (χ1n) is 8.46. The van der Waals surface area contributed by atoms with Crippen LogP contribution in [0.1, 0.15) is 97.8 Å². The van der Waals surface area contributed by atoms with Crippen molar-refractivity contribution in [3.05, 3.63) is 0 Å². The van der Waals surface area contributed by atoms with E-state index in [0.717, 1.165) is 6.42 Å². The SMILES string of the molecule is CCCCC(CCCC)(CCCC)CCCC(O)O. The number of aliphatic hydroxyl groups is 2. The highest BCUT2D eigenvalue weighted by atomic mass is 16.5. The third-order valence-corrected chi connectivity index (χ3v) is 4.35. The molecular weight excluding hydrogens is 236 g/mol. The van der Waals surface area contributed by atoms with Gasteiger partial charge in [-0.1, -0.05) is 59.3 Å². The molecular formula is C17H36O2. The Hall–Kier alpha value is -0.0800. The number of aliphatic hydroxyl groups excluding tert-OH is 1. The zero-order valence-electron chi connectivity index (χ0n) is 13.5. The van der Waals surface area contributed by atoms with Crippen molar-refractivity contribution in [1.29, 1.82) is 0 Å². The van der Waals surface area contributed by atoms with Crippen LogP contribution in [-0.4, -0.2) is 16.5 Å². The molecule has 0 unspecified atom stereocenters. The summed E-state index contributed by atoms with van der Waals surface area (Å²) in [4.78, 5) is 0. The molecule has 19 heavy (non-hydrogen) atoms. The van der Waals surface area contributed by atoms with Crippen molar-refractivity contribution in [3.8, 4) is 0 Å². The molecule has 0 rings (SSSR count). The van der Waals surface area contributed by atoms with Gasteiger partial charge < -0.3 is 10.2 Å². The van der Waals surface area contributed by atoms with Gasteiger partial charge in [0.05, 0.1) is 0 Å². The van der Waals surface area contributed by atoms with E-state index in [1.54, 1.807) is 0 Å². The Labute approximate surface area is 120 Å². The maximum Gasteiger partial charge on any atom is 0.151 e. The predicted molar refractivity (Wildman–Crippen MR) is 83.1 cm³/mol. The Morgan fingerprint density at radius 2 is 1.05 bits per heavy atom. The monoisotopic (exact) mass is 272 g/mol. The van der Waals surface area contributed by atoms with E-state index in [1.807, 2.05) is 0 Å². The van der Waals surface area contributed by atoms with E-state index >= 15 is 0 Å². The highest BCUT2D eigenvalue weighted by molar-refractivity contribution is 4.79. The van der Waals surface area contributed by atoms with Crippen molar-refractivity contribution in [2.75, 3.05) is 0 Å². The van der Waals surface area contributed by atoms with Gasteiger partial charge in [-0.3, -0.25) is 0 Å². The fourth-order valence-electron chi connectivity index (χ4n) is 3.06. The molecule has 0 aromatic heterocycles. The Balaban J connectivity index is 4.47. The molecule has 0 saturated heterocycles. The van der Waals surface area contributed by atoms with Crippen molar-refractivity contribution < 1.29 is 10.2 Å². The minimum Gasteiger partial charge on any atom is -0.368 e. The second kappa shape index (κ2) is 11.7. The second-order valence-electron chi connectivity index (χ2n) is 6.18. The number of hydrogen-bond donors (Lipinski definition) is 2. The lowest BCUT2D eigenvalue weighted by Crippen LogP contribution is -2.22. The van der Waals surface area contributed by atoms with E-state index in [1.165, 1.54) is 64.2 Å². The molecule has 0 aliphatic rings. The highest BCUT2D eigenvalue weighted by Crippen LogP contribution is 2.41. The van der Waals surface area contributed by atoms with Crippen molar-refractivity contribution in [3.63, 3.8) is 0 Å². The van der Waals surface area contributed by atoms with Crippen LogP contribution in [0.3, 0.4) is 0 Å². The quantitative estimate of drug-likeness (QED) is 0.462. The lowest BCUT2D eigenvalue weighted by molar-refractivity contribution is -0.0487. The second-order valence-corrected chi connectivity index (χ2v) is 6.18. The average Bonchev–Trinajstić information content (AvgIpc) is 2.39. The first-order valence-corrected chi connectivity index (χ1v) is 8.46. The van der Waals surface area contributed by atoms with Gasteiger partial charge in [0.25, 0.3) is 0 Å². The van der Waals surface area contributed by atoms with Gasteiger partial charge in [0.1, 0.15) is 0 Å². The molecule has 0 aliphatic heterocycles. The fraction of sp³-hybridized carbons (Fsp3) is 1.00. The average molecular weight is 272 g/mol. The summed E-state index contributed by atoms with van der Waals surface area (Å²) in [7, 11) is 0. The van der Waals surface area contributed by atoms with Crippen LogP contribution in [-0.2, 0) is 0 Å². The molecule has 116 valence electrons. The van der Waals surface area contributed by atoms with E-state index in [2.05, 4.69) is 20.8 Å². The topological polar surface area (TPSA) is 40.5 Å². The molecule has 2 heteroatoms. The Kier molecular flexibility index (Phi) is 11.7. The number of rotatable bonds is 13. The highest BCUT2D eigenvalue weighted by Gasteiger charge is 2.27. The summed E-state index contributed by atoms with van der Waals surface area (Å²) in [5, 5.41) is 18.1. The summed E-state index contributed by atoms with van der Waals surface area (Å²) in [6.45, 7) is 6.80. The smallest absolute Gasteiger partial charge is 0.151 e. The predicted octanol–water partition coefficient (Wildman–Crippen LogP) is 5.02. The van der Waals surface area contributed by atoms with Gasteiger partial charge in [-0.2, -0.15) is 0 Å². The number of unbranched alkanes of at least 4 members (excludes halogenated alkanes) is 3. The molecule has 0 spiro atoms. The molecule has 0 fully saturated rings. The number of hydrogen-bond acceptors (Lipinski definition) is 2. The van der Waals surface area contributed by atoms with Gasteiger partial charge >= 0.3 is 0 Å². The van der Waals surface area contributed by atoms with Crippen LogP contribution in [0, 0.1) is 5.41 Å². The molecule has 0 aromatic rings. The summed E-state index contributed by atoms with van der Waals surface area (Å²) in [5.74, 6) is 0. The largest absolute Gasteiger partial charge is 0.368 e. The maximum absolute atomic E-state index is 9.03. The summed E-state index contributed by atoms with van der Waals surface area (Å²) < 4.78 is 0. The third kappa shape index (κ3) is 9.45. The molecule has 2 nitrogen and oxygen atoms in total. The minimum absolute atomic E-state index is 0.469. The summed E-state index contributed by atoms with van der Waals surface area (Å²) >= 11 is 0. The van der Waals surface area contributed by atoms with Crippen molar-refractivity contribution in [2.24, 2.45) is 5.41 Å². The molecule has 0 saturated carbocycles. The lowest BCUT2D eigenvalue weighted by atomic mass is 9.71. The summed E-state index contributed by atoms with van der Waals surface area (Å²) in [6, 6.07) is 0. The van der Waals surface area contributed by atoms with Gasteiger partial charge in [-0.15, -0.1) is 0 Å². The molecule has 2 N–H and O–H groups in total. The minimum atomic E-state index is -1.12. The van der Waals surface area contributed by atoms with Gasteiger partial charge in [0, 0.05) is 0 Å². The van der Waals surface area contributed by atoms with Crippen molar-refractivity contribution >= 4 is 0 Å². The standard InChI is InChI=1S/C17H36O2/c1-4-7-12-17(13-8-5-2,14-9-6-3)15-10-11-16(18)19/h16,18-19H,4-15H2,1-3H3. The van der Waals surface area contributed by atoms with Gasteiger partial charge in [0.2, 0.25) is 0 Å². The van der Waals surface area contributed by atoms with Crippen LogP contribution in [0.2, 0.25) is 0 Å². The summed E-state index contributed by atoms with van der Waals surface area (Å²) in [5.41, 5.74) is 0.469. The fourth-order valence-corrected chi connectivity index (χ4v) is 3.06. The molecule has 0 bridgehead atoms. The lowest BCUT2D eigenvalue weighted by Gasteiger charge is -2.35. The van der Waals surface area contributed by atoms with Crippen LogP contribution in [0.5, 0.6) is 0 Å². The normalized spacial score (nSPS) is 12.3. The Bertz CT molecular complexity index is 168. The maximum atomic E-state index is 9.03. The van der Waals surface area contributed by atoms with E-state index in [4.69, 9.17) is 10.2 Å². The molecule has 0 radical (unpaired) electrons. The van der Waals surface area contributed by atoms with E-state index < -0.39 is 6.29 Å². The van der Waals surface area contributed by atoms with Crippen LogP contribution in [0.25, 0.3) is 0 Å². The van der Waals surface area contributed by atoms with Crippen LogP contribution in [0.15, 0.2) is 0 Å². The van der Waals surface area contributed by atoms with Crippen LogP contribution < -0.4 is 0 Å². The molecule has 0 amide bonds. The molecule has 0 heterocycles. The van der Waals surface area contributed by atoms with Gasteiger partial charge in [-0.25, -0.2) is 0 Å². The van der Waals surface area contributed by atoms with Gasteiger partial charge in [-0.05, 0) is 43.9 Å². The Morgan fingerprint density at radius 1 is 0.684 bits per heavy atom.